The zero-order chi connectivity index (χ0) is 11.0. The first kappa shape index (κ1) is 9.64. The quantitative estimate of drug-likeness (QED) is 0.749. The number of fused-ring (bicyclic) bond motifs is 1. The standard InChI is InChI=1S/C10H12N4O/c1-6(2)14-5-3-4-7-8(14)12-10(11)13-9(7)15/h3-6H,1-2H3,(H2,11,13,15). The number of pyridine rings is 1. The van der Waals surface area contributed by atoms with Crippen molar-refractivity contribution >= 4 is 5.95 Å². The van der Waals surface area contributed by atoms with Gasteiger partial charge in [0.25, 0.3) is 5.56 Å². The molecule has 0 fully saturated rings. The van der Waals surface area contributed by atoms with Gasteiger partial charge in [0.15, 0.2) is 0 Å². The van der Waals surface area contributed by atoms with Gasteiger partial charge in [-0.15, -0.1) is 0 Å². The van der Waals surface area contributed by atoms with Gasteiger partial charge < -0.3 is 10.3 Å². The molecule has 0 aliphatic carbocycles. The zero-order valence-corrected chi connectivity index (χ0v) is 8.64. The maximum Gasteiger partial charge on any atom is 0.284 e. The first-order valence-corrected chi connectivity index (χ1v) is 4.74. The lowest BCUT2D eigenvalue weighted by Gasteiger charge is -2.16. The van der Waals surface area contributed by atoms with Crippen LogP contribution in [0, 0.1) is 0 Å². The minimum atomic E-state index is -0.326. The van der Waals surface area contributed by atoms with Gasteiger partial charge in [-0.05, 0) is 26.0 Å². The summed E-state index contributed by atoms with van der Waals surface area (Å²) >= 11 is 0. The molecule has 15 heavy (non-hydrogen) atoms. The number of hydrogen-bond donors (Lipinski definition) is 1. The highest BCUT2D eigenvalue weighted by atomic mass is 16.1. The van der Waals surface area contributed by atoms with E-state index in [1.54, 1.807) is 6.07 Å². The molecule has 0 amide bonds. The van der Waals surface area contributed by atoms with Crippen molar-refractivity contribution in [3.63, 3.8) is 0 Å². The fraction of sp³-hybridized carbons (Fsp3) is 0.300. The summed E-state index contributed by atoms with van der Waals surface area (Å²) in [7, 11) is 0. The van der Waals surface area contributed by atoms with E-state index in [4.69, 9.17) is 5.73 Å². The minimum Gasteiger partial charge on any atom is -0.368 e. The van der Waals surface area contributed by atoms with E-state index in [0.717, 1.165) is 0 Å². The van der Waals surface area contributed by atoms with Gasteiger partial charge in [0.2, 0.25) is 5.95 Å². The summed E-state index contributed by atoms with van der Waals surface area (Å²) in [4.78, 5) is 19.2. The van der Waals surface area contributed by atoms with Crippen LogP contribution in [0.15, 0.2) is 23.1 Å². The van der Waals surface area contributed by atoms with Crippen LogP contribution in [0.1, 0.15) is 19.9 Å². The monoisotopic (exact) mass is 204 g/mol. The molecule has 5 heteroatoms. The first-order valence-electron chi connectivity index (χ1n) is 4.74. The second-order valence-electron chi connectivity index (χ2n) is 3.63. The van der Waals surface area contributed by atoms with Gasteiger partial charge in [0.05, 0.1) is 5.56 Å². The second-order valence-corrected chi connectivity index (χ2v) is 3.63. The summed E-state index contributed by atoms with van der Waals surface area (Å²) in [6.07, 6.45) is 1.87. The normalized spacial score (nSPS) is 11.1. The van der Waals surface area contributed by atoms with Crippen molar-refractivity contribution in [1.82, 2.24) is 14.5 Å². The molecular weight excluding hydrogens is 192 g/mol. The molecule has 78 valence electrons. The smallest absolute Gasteiger partial charge is 0.284 e. The fourth-order valence-electron chi connectivity index (χ4n) is 1.52. The molecule has 2 aliphatic rings. The molecule has 0 unspecified atom stereocenters. The van der Waals surface area contributed by atoms with E-state index >= 15 is 0 Å². The van der Waals surface area contributed by atoms with Gasteiger partial charge in [-0.25, -0.2) is 0 Å². The maximum atomic E-state index is 11.5. The van der Waals surface area contributed by atoms with Crippen LogP contribution < -0.4 is 11.3 Å². The van der Waals surface area contributed by atoms with E-state index in [-0.39, 0.29) is 17.5 Å². The van der Waals surface area contributed by atoms with Crippen LogP contribution in [0.2, 0.25) is 0 Å². The topological polar surface area (TPSA) is 73.8 Å². The van der Waals surface area contributed by atoms with Gasteiger partial charge in [-0.2, -0.15) is 9.97 Å². The molecule has 0 saturated heterocycles. The Morgan fingerprint density at radius 1 is 1.40 bits per heavy atom. The van der Waals surface area contributed by atoms with Crippen molar-refractivity contribution in [3.05, 3.63) is 28.7 Å². The SMILES string of the molecule is CC(C)n1cccc2c(=O)nc(N)nc1-2. The molecule has 2 heterocycles. The van der Waals surface area contributed by atoms with Crippen molar-refractivity contribution in [3.8, 4) is 11.4 Å². The average molecular weight is 204 g/mol. The van der Waals surface area contributed by atoms with Gasteiger partial charge >= 0.3 is 0 Å². The summed E-state index contributed by atoms with van der Waals surface area (Å²) in [5, 5.41) is 0. The molecule has 0 spiro atoms. The Bertz CT molecular complexity index is 518. The summed E-state index contributed by atoms with van der Waals surface area (Å²) < 4.78 is 1.90. The zero-order valence-electron chi connectivity index (χ0n) is 8.64. The second kappa shape index (κ2) is 3.34. The minimum absolute atomic E-state index is 0.0214. The number of aromatic nitrogens is 3. The van der Waals surface area contributed by atoms with Crippen molar-refractivity contribution in [2.75, 3.05) is 5.73 Å². The Morgan fingerprint density at radius 2 is 2.13 bits per heavy atom. The van der Waals surface area contributed by atoms with E-state index < -0.39 is 0 Å². The van der Waals surface area contributed by atoms with Crippen molar-refractivity contribution in [2.45, 2.75) is 19.9 Å². The highest BCUT2D eigenvalue weighted by molar-refractivity contribution is 5.56. The van der Waals surface area contributed by atoms with E-state index in [1.807, 2.05) is 30.7 Å². The molecular formula is C10H12N4O. The third-order valence-corrected chi connectivity index (χ3v) is 2.22. The number of nitrogen functional groups attached to an aromatic ring is 1. The summed E-state index contributed by atoms with van der Waals surface area (Å²) in [5.74, 6) is 0.609. The Labute approximate surface area is 86.9 Å². The predicted molar refractivity (Wildman–Crippen MR) is 57.7 cm³/mol. The van der Waals surface area contributed by atoms with Crippen LogP contribution in [-0.4, -0.2) is 14.5 Å². The number of anilines is 1. The van der Waals surface area contributed by atoms with Gasteiger partial charge in [-0.1, -0.05) is 0 Å². The molecule has 0 radical (unpaired) electrons. The molecule has 2 N–H and O–H groups in total. The molecule has 0 aromatic carbocycles. The van der Waals surface area contributed by atoms with Crippen LogP contribution in [0.5, 0.6) is 0 Å². The molecule has 0 atom stereocenters. The highest BCUT2D eigenvalue weighted by Gasteiger charge is 2.14. The van der Waals surface area contributed by atoms with E-state index in [2.05, 4.69) is 9.97 Å². The Kier molecular flexibility index (Phi) is 2.15. The maximum absolute atomic E-state index is 11.5. The van der Waals surface area contributed by atoms with Gasteiger partial charge in [0, 0.05) is 12.2 Å². The third-order valence-electron chi connectivity index (χ3n) is 2.22. The first-order chi connectivity index (χ1) is 7.09. The molecule has 5 nitrogen and oxygen atoms in total. The van der Waals surface area contributed by atoms with Crippen LogP contribution in [0.3, 0.4) is 0 Å². The van der Waals surface area contributed by atoms with Gasteiger partial charge in [0.1, 0.15) is 5.82 Å². The van der Waals surface area contributed by atoms with Gasteiger partial charge in [-0.3, -0.25) is 4.79 Å². The molecule has 2 aliphatic heterocycles. The lowest BCUT2D eigenvalue weighted by Crippen LogP contribution is -2.19. The predicted octanol–water partition coefficient (Wildman–Crippen LogP) is 0.906. The van der Waals surface area contributed by atoms with E-state index in [1.165, 1.54) is 0 Å². The Hall–Kier alpha value is -1.91. The van der Waals surface area contributed by atoms with E-state index in [0.29, 0.717) is 11.4 Å². The molecule has 0 bridgehead atoms. The van der Waals surface area contributed by atoms with Crippen LogP contribution in [0.4, 0.5) is 5.95 Å². The number of nitrogens with two attached hydrogens (primary N) is 1. The molecule has 0 aromatic rings. The fourth-order valence-corrected chi connectivity index (χ4v) is 1.52. The van der Waals surface area contributed by atoms with Crippen LogP contribution in [0.25, 0.3) is 11.4 Å². The van der Waals surface area contributed by atoms with Crippen LogP contribution in [-0.2, 0) is 0 Å². The third kappa shape index (κ3) is 1.56. The summed E-state index contributed by atoms with van der Waals surface area (Å²) in [6.45, 7) is 4.03. The van der Waals surface area contributed by atoms with Crippen molar-refractivity contribution < 1.29 is 0 Å². The molecule has 0 saturated carbocycles. The number of nitrogens with zero attached hydrogens (tertiary/aromatic N) is 3. The van der Waals surface area contributed by atoms with E-state index in [9.17, 15) is 4.79 Å². The number of hydrogen-bond acceptors (Lipinski definition) is 4. The number of rotatable bonds is 1. The summed E-state index contributed by atoms with van der Waals surface area (Å²) in [5.41, 5.74) is 5.63. The highest BCUT2D eigenvalue weighted by Crippen LogP contribution is 2.18. The largest absolute Gasteiger partial charge is 0.368 e. The summed E-state index contributed by atoms with van der Waals surface area (Å²) in [6, 6.07) is 3.74. The lowest BCUT2D eigenvalue weighted by atomic mass is 10.2. The Balaban J connectivity index is 2.82. The van der Waals surface area contributed by atoms with Crippen LogP contribution >= 0.6 is 0 Å². The average Bonchev–Trinajstić information content (AvgIpc) is 2.16. The molecule has 2 rings (SSSR count). The van der Waals surface area contributed by atoms with Crippen molar-refractivity contribution in [2.24, 2.45) is 0 Å². The Morgan fingerprint density at radius 3 is 2.80 bits per heavy atom. The lowest BCUT2D eigenvalue weighted by molar-refractivity contribution is 0.593. The molecule has 0 aromatic heterocycles. The van der Waals surface area contributed by atoms with Crippen molar-refractivity contribution in [1.29, 1.82) is 0 Å².